The summed E-state index contributed by atoms with van der Waals surface area (Å²) in [5, 5.41) is 8.31. The Morgan fingerprint density at radius 1 is 1.17 bits per heavy atom. The predicted octanol–water partition coefficient (Wildman–Crippen LogP) is 3.70. The number of carbonyl (C=O) groups is 2. The van der Waals surface area contributed by atoms with E-state index in [-0.39, 0.29) is 35.0 Å². The minimum absolute atomic E-state index is 0.248. The standard InChI is InChI=1S/C25H25FN6O2S/c1-31-19-5-3-2-4-18(19)20(30-31)23(33)28-12-13-32(14-15-6-7-15)24(34)21-22(35-25(27)29-21)16-8-10-17(26)11-9-16/h2-5,8-11,15H,6-7,12-14H2,1H3,(H2,27,29)(H,28,33). The summed E-state index contributed by atoms with van der Waals surface area (Å²) in [6.45, 7) is 1.18. The fourth-order valence-corrected chi connectivity index (χ4v) is 4.92. The fraction of sp³-hybridized carbons (Fsp3) is 0.280. The zero-order valence-electron chi connectivity index (χ0n) is 19.2. The molecule has 2 aromatic carbocycles. The van der Waals surface area contributed by atoms with Crippen molar-refractivity contribution in [1.82, 2.24) is 25.0 Å². The number of carbonyl (C=O) groups excluding carboxylic acids is 2. The lowest BCUT2D eigenvalue weighted by Crippen LogP contribution is -2.40. The number of rotatable bonds is 8. The van der Waals surface area contributed by atoms with Gasteiger partial charge in [0, 0.05) is 32.1 Å². The maximum absolute atomic E-state index is 13.5. The fourth-order valence-electron chi connectivity index (χ4n) is 4.09. The van der Waals surface area contributed by atoms with Crippen molar-refractivity contribution < 1.29 is 14.0 Å². The molecule has 10 heteroatoms. The number of fused-ring (bicyclic) bond motifs is 1. The SMILES string of the molecule is Cn1nc(C(=O)NCCN(CC2CC2)C(=O)c2nc(N)sc2-c2ccc(F)cc2)c2ccccc21. The van der Waals surface area contributed by atoms with Gasteiger partial charge in [0.25, 0.3) is 11.8 Å². The number of amides is 2. The number of aromatic nitrogens is 3. The summed E-state index contributed by atoms with van der Waals surface area (Å²) in [4.78, 5) is 33.0. The van der Waals surface area contributed by atoms with E-state index in [0.717, 1.165) is 23.7 Å². The van der Waals surface area contributed by atoms with E-state index < -0.39 is 0 Å². The molecule has 1 aliphatic carbocycles. The monoisotopic (exact) mass is 492 g/mol. The average Bonchev–Trinajstić information content (AvgIpc) is 3.50. The summed E-state index contributed by atoms with van der Waals surface area (Å²) < 4.78 is 15.1. The maximum atomic E-state index is 13.5. The molecule has 35 heavy (non-hydrogen) atoms. The summed E-state index contributed by atoms with van der Waals surface area (Å²) >= 11 is 1.20. The second-order valence-corrected chi connectivity index (χ2v) is 9.71. The summed E-state index contributed by atoms with van der Waals surface area (Å²) in [7, 11) is 1.80. The van der Waals surface area contributed by atoms with Crippen molar-refractivity contribution in [2.45, 2.75) is 12.8 Å². The first-order valence-electron chi connectivity index (χ1n) is 11.4. The van der Waals surface area contributed by atoms with Crippen LogP contribution in [0.5, 0.6) is 0 Å². The Morgan fingerprint density at radius 2 is 1.91 bits per heavy atom. The van der Waals surface area contributed by atoms with E-state index in [0.29, 0.717) is 35.1 Å². The number of hydrogen-bond donors (Lipinski definition) is 2. The Labute approximate surface area is 205 Å². The van der Waals surface area contributed by atoms with Crippen molar-refractivity contribution in [3.8, 4) is 10.4 Å². The molecule has 0 saturated heterocycles. The minimum Gasteiger partial charge on any atom is -0.375 e. The molecular weight excluding hydrogens is 467 g/mol. The van der Waals surface area contributed by atoms with Crippen molar-refractivity contribution in [3.63, 3.8) is 0 Å². The van der Waals surface area contributed by atoms with Gasteiger partial charge < -0.3 is 16.0 Å². The van der Waals surface area contributed by atoms with Crippen molar-refractivity contribution in [2.24, 2.45) is 13.0 Å². The van der Waals surface area contributed by atoms with Crippen LogP contribution in [0.25, 0.3) is 21.3 Å². The van der Waals surface area contributed by atoms with Gasteiger partial charge in [0.1, 0.15) is 11.5 Å². The third kappa shape index (κ3) is 4.88. The van der Waals surface area contributed by atoms with Crippen LogP contribution < -0.4 is 11.1 Å². The highest BCUT2D eigenvalue weighted by atomic mass is 32.1. The molecule has 0 atom stereocenters. The second-order valence-electron chi connectivity index (χ2n) is 8.68. The van der Waals surface area contributed by atoms with Gasteiger partial charge in [-0.2, -0.15) is 5.10 Å². The molecule has 2 heterocycles. The Kier molecular flexibility index (Phi) is 6.21. The van der Waals surface area contributed by atoms with Crippen LogP contribution in [0, 0.1) is 11.7 Å². The van der Waals surface area contributed by atoms with Crippen LogP contribution in [0.1, 0.15) is 33.8 Å². The molecular formula is C25H25FN6O2S. The lowest BCUT2D eigenvalue weighted by atomic mass is 10.1. The number of aryl methyl sites for hydroxylation is 1. The molecule has 3 N–H and O–H groups in total. The molecule has 2 amide bonds. The molecule has 180 valence electrons. The third-order valence-corrected chi connectivity index (χ3v) is 6.99. The number of hydrogen-bond acceptors (Lipinski definition) is 6. The molecule has 1 aliphatic rings. The van der Waals surface area contributed by atoms with E-state index >= 15 is 0 Å². The molecule has 5 rings (SSSR count). The molecule has 1 fully saturated rings. The average molecular weight is 493 g/mol. The highest BCUT2D eigenvalue weighted by molar-refractivity contribution is 7.19. The topological polar surface area (TPSA) is 106 Å². The van der Waals surface area contributed by atoms with Crippen LogP contribution in [0.3, 0.4) is 0 Å². The van der Waals surface area contributed by atoms with Gasteiger partial charge in [-0.3, -0.25) is 14.3 Å². The van der Waals surface area contributed by atoms with Crippen LogP contribution in [0.15, 0.2) is 48.5 Å². The Morgan fingerprint density at radius 3 is 2.66 bits per heavy atom. The number of nitrogens with one attached hydrogen (secondary N) is 1. The first-order valence-corrected chi connectivity index (χ1v) is 12.2. The van der Waals surface area contributed by atoms with Crippen LogP contribution in [-0.4, -0.2) is 51.1 Å². The van der Waals surface area contributed by atoms with Gasteiger partial charge >= 0.3 is 0 Å². The van der Waals surface area contributed by atoms with E-state index in [4.69, 9.17) is 5.73 Å². The predicted molar refractivity (Wildman–Crippen MR) is 134 cm³/mol. The van der Waals surface area contributed by atoms with Crippen LogP contribution in [0.2, 0.25) is 0 Å². The molecule has 0 bridgehead atoms. The van der Waals surface area contributed by atoms with Crippen LogP contribution in [0.4, 0.5) is 9.52 Å². The number of anilines is 1. The number of nitrogens with zero attached hydrogens (tertiary/aromatic N) is 4. The summed E-state index contributed by atoms with van der Waals surface area (Å²) in [6, 6.07) is 13.5. The highest BCUT2D eigenvalue weighted by Gasteiger charge is 2.30. The van der Waals surface area contributed by atoms with Gasteiger partial charge in [0.2, 0.25) is 0 Å². The molecule has 0 unspecified atom stereocenters. The third-order valence-electron chi connectivity index (χ3n) is 6.06. The quantitative estimate of drug-likeness (QED) is 0.390. The Balaban J connectivity index is 1.31. The molecule has 4 aromatic rings. The number of para-hydroxylation sites is 1. The summed E-state index contributed by atoms with van der Waals surface area (Å²) in [6.07, 6.45) is 2.14. The van der Waals surface area contributed by atoms with Gasteiger partial charge in [-0.05, 0) is 42.5 Å². The van der Waals surface area contributed by atoms with Crippen LogP contribution >= 0.6 is 11.3 Å². The van der Waals surface area contributed by atoms with Gasteiger partial charge in [0.15, 0.2) is 10.8 Å². The molecule has 0 aliphatic heterocycles. The number of nitrogens with two attached hydrogens (primary N) is 1. The summed E-state index contributed by atoms with van der Waals surface area (Å²) in [5.74, 6) is -0.447. The molecule has 8 nitrogen and oxygen atoms in total. The highest BCUT2D eigenvalue weighted by Crippen LogP contribution is 2.34. The largest absolute Gasteiger partial charge is 0.375 e. The first kappa shape index (κ1) is 23.0. The Hall–Kier alpha value is -3.79. The van der Waals surface area contributed by atoms with E-state index in [1.165, 1.54) is 23.5 Å². The smallest absolute Gasteiger partial charge is 0.274 e. The second kappa shape index (κ2) is 9.46. The van der Waals surface area contributed by atoms with E-state index in [1.54, 1.807) is 28.8 Å². The van der Waals surface area contributed by atoms with Gasteiger partial charge in [-0.15, -0.1) is 0 Å². The molecule has 0 radical (unpaired) electrons. The molecule has 1 saturated carbocycles. The van der Waals surface area contributed by atoms with Crippen molar-refractivity contribution in [2.75, 3.05) is 25.4 Å². The Bertz CT molecular complexity index is 1390. The zero-order chi connectivity index (χ0) is 24.5. The van der Waals surface area contributed by atoms with Crippen molar-refractivity contribution in [1.29, 1.82) is 0 Å². The zero-order valence-corrected chi connectivity index (χ0v) is 20.0. The van der Waals surface area contributed by atoms with Crippen LogP contribution in [-0.2, 0) is 7.05 Å². The lowest BCUT2D eigenvalue weighted by Gasteiger charge is -2.22. The van der Waals surface area contributed by atoms with Gasteiger partial charge in [-0.1, -0.05) is 41.7 Å². The van der Waals surface area contributed by atoms with Crippen molar-refractivity contribution in [3.05, 3.63) is 65.7 Å². The van der Waals surface area contributed by atoms with Gasteiger partial charge in [0.05, 0.1) is 10.4 Å². The first-order chi connectivity index (χ1) is 16.9. The van der Waals surface area contributed by atoms with Crippen molar-refractivity contribution >= 4 is 39.2 Å². The van der Waals surface area contributed by atoms with E-state index in [1.807, 2.05) is 24.3 Å². The van der Waals surface area contributed by atoms with E-state index in [2.05, 4.69) is 15.4 Å². The maximum Gasteiger partial charge on any atom is 0.274 e. The number of benzene rings is 2. The van der Waals surface area contributed by atoms with Gasteiger partial charge in [-0.25, -0.2) is 9.37 Å². The normalized spacial score (nSPS) is 13.2. The molecule has 0 spiro atoms. The number of thiazole rings is 1. The minimum atomic E-state index is -0.356. The number of halogens is 1. The lowest BCUT2D eigenvalue weighted by molar-refractivity contribution is 0.0736. The summed E-state index contributed by atoms with van der Waals surface area (Å²) in [5.41, 5.74) is 8.11. The number of nitrogen functional groups attached to an aromatic ring is 1. The van der Waals surface area contributed by atoms with E-state index in [9.17, 15) is 14.0 Å². The molecule has 2 aromatic heterocycles.